The molecule has 2 N–H and O–H groups in total. The van der Waals surface area contributed by atoms with E-state index in [0.717, 1.165) is 37.2 Å². The van der Waals surface area contributed by atoms with Crippen molar-refractivity contribution in [1.82, 2.24) is 14.9 Å². The summed E-state index contributed by atoms with van der Waals surface area (Å²) in [5, 5.41) is 10.4. The summed E-state index contributed by atoms with van der Waals surface area (Å²) in [6, 6.07) is 0. The molecule has 4 nitrogen and oxygen atoms in total. The average molecular weight is 263 g/mol. The fourth-order valence-corrected chi connectivity index (χ4v) is 2.75. The van der Waals surface area contributed by atoms with Crippen molar-refractivity contribution in [3.8, 4) is 0 Å². The third kappa shape index (κ3) is 2.42. The molecule has 2 unspecified atom stereocenters. The highest BCUT2D eigenvalue weighted by molar-refractivity contribution is 5.39. The largest absolute Gasteiger partial charge is 0.380 e. The Morgan fingerprint density at radius 3 is 2.89 bits per heavy atom. The molecular formula is C14H18FN3O. The summed E-state index contributed by atoms with van der Waals surface area (Å²) in [6.07, 6.45) is 7.52. The van der Waals surface area contributed by atoms with Crippen molar-refractivity contribution in [1.29, 1.82) is 0 Å². The molecule has 1 aromatic heterocycles. The van der Waals surface area contributed by atoms with Gasteiger partial charge in [0.1, 0.15) is 18.1 Å². The molecule has 1 aliphatic carbocycles. The number of imidazole rings is 1. The zero-order chi connectivity index (χ0) is 13.2. The average Bonchev–Trinajstić information content (AvgIpc) is 3.11. The lowest BCUT2D eigenvalue weighted by molar-refractivity contribution is 0.199. The second-order valence-corrected chi connectivity index (χ2v) is 5.03. The molecule has 2 aliphatic rings. The summed E-state index contributed by atoms with van der Waals surface area (Å²) < 4.78 is 13.6. The van der Waals surface area contributed by atoms with Crippen LogP contribution < -0.4 is 0 Å². The van der Waals surface area contributed by atoms with Crippen molar-refractivity contribution in [2.45, 2.75) is 31.5 Å². The molecule has 0 aromatic carbocycles. The molecule has 0 bridgehead atoms. The monoisotopic (exact) mass is 263 g/mol. The van der Waals surface area contributed by atoms with Crippen LogP contribution in [0.5, 0.6) is 0 Å². The Balaban J connectivity index is 1.88. The molecule has 19 heavy (non-hydrogen) atoms. The Bertz CT molecular complexity index is 489. The van der Waals surface area contributed by atoms with Crippen molar-refractivity contribution in [2.24, 2.45) is 0 Å². The van der Waals surface area contributed by atoms with Gasteiger partial charge in [-0.15, -0.1) is 0 Å². The van der Waals surface area contributed by atoms with Crippen LogP contribution >= 0.6 is 0 Å². The lowest BCUT2D eigenvalue weighted by Gasteiger charge is -2.29. The van der Waals surface area contributed by atoms with Crippen LogP contribution in [0.3, 0.4) is 0 Å². The first-order valence-electron chi connectivity index (χ1n) is 6.74. The van der Waals surface area contributed by atoms with Gasteiger partial charge in [-0.3, -0.25) is 0 Å². The van der Waals surface area contributed by atoms with Crippen LogP contribution in [0, 0.1) is 0 Å². The Labute approximate surface area is 111 Å². The molecule has 0 radical (unpaired) electrons. The molecule has 1 saturated heterocycles. The number of nitrogens with zero attached hydrogens (tertiary/aromatic N) is 2. The number of allylic oxidation sites excluding steroid dienone is 2. The number of alkyl halides is 1. The number of halogens is 1. The van der Waals surface area contributed by atoms with E-state index in [0.29, 0.717) is 12.2 Å². The Morgan fingerprint density at radius 2 is 2.21 bits per heavy atom. The summed E-state index contributed by atoms with van der Waals surface area (Å²) >= 11 is 0. The minimum absolute atomic E-state index is 0.324. The lowest BCUT2D eigenvalue weighted by atomic mass is 9.96. The number of aromatic amines is 1. The normalized spacial score (nSPS) is 25.2. The maximum absolute atomic E-state index is 13.6. The van der Waals surface area contributed by atoms with Gasteiger partial charge >= 0.3 is 0 Å². The van der Waals surface area contributed by atoms with Crippen LogP contribution in [-0.4, -0.2) is 39.2 Å². The highest BCUT2D eigenvalue weighted by atomic mass is 19.1. The molecule has 1 fully saturated rings. The first kappa shape index (κ1) is 12.4. The van der Waals surface area contributed by atoms with Gasteiger partial charge in [0, 0.05) is 43.2 Å². The van der Waals surface area contributed by atoms with Gasteiger partial charge in [0.2, 0.25) is 0 Å². The third-order valence-corrected chi connectivity index (χ3v) is 3.72. The number of hydrogen-bond acceptors (Lipinski definition) is 3. The number of aliphatic hydroxyl groups is 1. The van der Waals surface area contributed by atoms with Gasteiger partial charge in [-0.1, -0.05) is 6.08 Å². The van der Waals surface area contributed by atoms with Gasteiger partial charge in [0.25, 0.3) is 0 Å². The minimum atomic E-state index is -0.955. The maximum atomic E-state index is 13.6. The number of aliphatic hydroxyl groups excluding tert-OH is 1. The SMILES string of the molecule is OC(C1=CCC(F)C=C1N1CCCC1)c1ncc[nH]1. The molecule has 2 heterocycles. The quantitative estimate of drug-likeness (QED) is 0.878. The summed E-state index contributed by atoms with van der Waals surface area (Å²) in [5.74, 6) is 0.508. The topological polar surface area (TPSA) is 52.1 Å². The van der Waals surface area contributed by atoms with E-state index in [-0.39, 0.29) is 0 Å². The van der Waals surface area contributed by atoms with Gasteiger partial charge in [-0.25, -0.2) is 9.37 Å². The molecular weight excluding hydrogens is 245 g/mol. The van der Waals surface area contributed by atoms with Crippen molar-refractivity contribution in [3.63, 3.8) is 0 Å². The van der Waals surface area contributed by atoms with Gasteiger partial charge in [0.05, 0.1) is 0 Å². The van der Waals surface area contributed by atoms with E-state index in [2.05, 4.69) is 14.9 Å². The molecule has 3 rings (SSSR count). The smallest absolute Gasteiger partial charge is 0.139 e. The number of hydrogen-bond donors (Lipinski definition) is 2. The third-order valence-electron chi connectivity index (χ3n) is 3.72. The summed E-state index contributed by atoms with van der Waals surface area (Å²) in [6.45, 7) is 1.86. The van der Waals surface area contributed by atoms with E-state index >= 15 is 0 Å². The molecule has 0 saturated carbocycles. The van der Waals surface area contributed by atoms with Crippen molar-refractivity contribution < 1.29 is 9.50 Å². The zero-order valence-electron chi connectivity index (χ0n) is 10.7. The fraction of sp³-hybridized carbons (Fsp3) is 0.500. The summed E-state index contributed by atoms with van der Waals surface area (Å²) in [4.78, 5) is 9.16. The van der Waals surface area contributed by atoms with Gasteiger partial charge in [-0.2, -0.15) is 0 Å². The summed E-state index contributed by atoms with van der Waals surface area (Å²) in [7, 11) is 0. The van der Waals surface area contributed by atoms with Crippen molar-refractivity contribution in [3.05, 3.63) is 41.6 Å². The lowest BCUT2D eigenvalue weighted by Crippen LogP contribution is -2.25. The van der Waals surface area contributed by atoms with Crippen LogP contribution in [0.2, 0.25) is 0 Å². The standard InChI is InChI=1S/C14H18FN3O/c15-10-3-4-11(13(19)14-16-5-6-17-14)12(9-10)18-7-1-2-8-18/h4-6,9-10,13,19H,1-3,7-8H2,(H,16,17). The maximum Gasteiger partial charge on any atom is 0.139 e. The van der Waals surface area contributed by atoms with Crippen LogP contribution in [0.25, 0.3) is 0 Å². The van der Waals surface area contributed by atoms with E-state index < -0.39 is 12.3 Å². The van der Waals surface area contributed by atoms with Crippen LogP contribution in [0.4, 0.5) is 4.39 Å². The number of aromatic nitrogens is 2. The van der Waals surface area contributed by atoms with Crippen LogP contribution in [-0.2, 0) is 0 Å². The highest BCUT2D eigenvalue weighted by Crippen LogP contribution is 2.34. The highest BCUT2D eigenvalue weighted by Gasteiger charge is 2.28. The fourth-order valence-electron chi connectivity index (χ4n) is 2.75. The predicted octanol–water partition coefficient (Wildman–Crippen LogP) is 2.09. The van der Waals surface area contributed by atoms with E-state index in [9.17, 15) is 9.50 Å². The predicted molar refractivity (Wildman–Crippen MR) is 70.0 cm³/mol. The van der Waals surface area contributed by atoms with Gasteiger partial charge in [0.15, 0.2) is 0 Å². The van der Waals surface area contributed by atoms with Crippen LogP contribution in [0.1, 0.15) is 31.2 Å². The molecule has 1 aliphatic heterocycles. The number of likely N-dealkylation sites (tertiary alicyclic amines) is 1. The van der Waals surface area contributed by atoms with E-state index in [1.54, 1.807) is 24.5 Å². The van der Waals surface area contributed by atoms with Gasteiger partial charge < -0.3 is 15.0 Å². The molecule has 5 heteroatoms. The first-order valence-corrected chi connectivity index (χ1v) is 6.74. The Kier molecular flexibility index (Phi) is 3.38. The minimum Gasteiger partial charge on any atom is -0.380 e. The zero-order valence-corrected chi connectivity index (χ0v) is 10.7. The Morgan fingerprint density at radius 1 is 1.42 bits per heavy atom. The first-order chi connectivity index (χ1) is 9.25. The molecule has 2 atom stereocenters. The molecule has 0 amide bonds. The molecule has 0 spiro atoms. The van der Waals surface area contributed by atoms with E-state index in [4.69, 9.17) is 0 Å². The molecule has 1 aromatic rings. The van der Waals surface area contributed by atoms with Crippen molar-refractivity contribution in [2.75, 3.05) is 13.1 Å². The van der Waals surface area contributed by atoms with E-state index in [1.807, 2.05) is 0 Å². The summed E-state index contributed by atoms with van der Waals surface area (Å²) in [5.41, 5.74) is 1.60. The van der Waals surface area contributed by atoms with Crippen LogP contribution in [0.15, 0.2) is 35.8 Å². The number of H-pyrrole nitrogens is 1. The van der Waals surface area contributed by atoms with E-state index in [1.165, 1.54) is 0 Å². The second-order valence-electron chi connectivity index (χ2n) is 5.03. The molecule has 102 valence electrons. The van der Waals surface area contributed by atoms with Crippen molar-refractivity contribution >= 4 is 0 Å². The Hall–Kier alpha value is -1.62. The van der Waals surface area contributed by atoms with Gasteiger partial charge in [-0.05, 0) is 18.9 Å². The number of nitrogens with one attached hydrogen (secondary N) is 1. The number of rotatable bonds is 3. The second kappa shape index (κ2) is 5.17.